The van der Waals surface area contributed by atoms with E-state index in [2.05, 4.69) is 11.9 Å². The Bertz CT molecular complexity index is 101. The second-order valence-corrected chi connectivity index (χ2v) is 3.00. The van der Waals surface area contributed by atoms with Crippen molar-refractivity contribution in [2.75, 3.05) is 19.8 Å². The van der Waals surface area contributed by atoms with E-state index in [1.165, 1.54) is 19.4 Å². The van der Waals surface area contributed by atoms with Gasteiger partial charge in [-0.25, -0.2) is 0 Å². The van der Waals surface area contributed by atoms with Gasteiger partial charge in [0.05, 0.1) is 0 Å². The zero-order valence-electron chi connectivity index (χ0n) is 5.52. The van der Waals surface area contributed by atoms with Crippen LogP contribution in [-0.2, 0) is 4.74 Å². The quantitative estimate of drug-likeness (QED) is 0.511. The summed E-state index contributed by atoms with van der Waals surface area (Å²) in [5.74, 6) is 0. The highest BCUT2D eigenvalue weighted by Crippen LogP contribution is 2.36. The van der Waals surface area contributed by atoms with E-state index >= 15 is 0 Å². The summed E-state index contributed by atoms with van der Waals surface area (Å²) in [6, 6.07) is 0. The monoisotopic (exact) mass is 126 g/mol. The first-order chi connectivity index (χ1) is 4.41. The van der Waals surface area contributed by atoms with E-state index in [4.69, 9.17) is 4.74 Å². The summed E-state index contributed by atoms with van der Waals surface area (Å²) < 4.78 is 5.25. The molecule has 0 bridgehead atoms. The minimum Gasteiger partial charge on any atom is -0.381 e. The molecule has 1 N–H and O–H groups in total. The number of nitrogens with one attached hydrogen (secondary N) is 1. The molecule has 2 heterocycles. The van der Waals surface area contributed by atoms with Crippen molar-refractivity contribution in [1.29, 1.82) is 0 Å². The van der Waals surface area contributed by atoms with Crippen LogP contribution in [0, 0.1) is 12.0 Å². The van der Waals surface area contributed by atoms with Crippen molar-refractivity contribution in [3.05, 3.63) is 6.54 Å². The van der Waals surface area contributed by atoms with Crippen LogP contribution >= 0.6 is 0 Å². The zero-order chi connectivity index (χ0) is 6.16. The van der Waals surface area contributed by atoms with Gasteiger partial charge in [-0.05, 0) is 12.8 Å². The molecule has 2 nitrogen and oxygen atoms in total. The Morgan fingerprint density at radius 1 is 1.33 bits per heavy atom. The molecular weight excluding hydrogens is 114 g/mol. The topological polar surface area (TPSA) is 21.3 Å². The van der Waals surface area contributed by atoms with E-state index in [1.807, 2.05) is 0 Å². The van der Waals surface area contributed by atoms with Gasteiger partial charge in [-0.15, -0.1) is 0 Å². The highest BCUT2D eigenvalue weighted by atomic mass is 16.5. The Kier molecular flexibility index (Phi) is 1.24. The van der Waals surface area contributed by atoms with Gasteiger partial charge in [0, 0.05) is 31.7 Å². The van der Waals surface area contributed by atoms with E-state index in [0.29, 0.717) is 5.41 Å². The maximum Gasteiger partial charge on any atom is 0.0472 e. The lowest BCUT2D eigenvalue weighted by molar-refractivity contribution is 0.00705. The third-order valence-electron chi connectivity index (χ3n) is 2.35. The van der Waals surface area contributed by atoms with Gasteiger partial charge in [0.25, 0.3) is 0 Å². The molecule has 0 aromatic rings. The zero-order valence-corrected chi connectivity index (χ0v) is 5.52. The minimum atomic E-state index is 0.540. The van der Waals surface area contributed by atoms with Crippen LogP contribution in [0.25, 0.3) is 0 Å². The third kappa shape index (κ3) is 0.864. The van der Waals surface area contributed by atoms with E-state index in [9.17, 15) is 0 Å². The molecule has 0 aromatic carbocycles. The second-order valence-electron chi connectivity index (χ2n) is 3.00. The van der Waals surface area contributed by atoms with Gasteiger partial charge in [-0.2, -0.15) is 0 Å². The van der Waals surface area contributed by atoms with Crippen LogP contribution in [0.2, 0.25) is 0 Å². The Morgan fingerprint density at radius 2 is 2.00 bits per heavy atom. The van der Waals surface area contributed by atoms with Gasteiger partial charge in [-0.3, -0.25) is 0 Å². The average molecular weight is 126 g/mol. The first-order valence-corrected chi connectivity index (χ1v) is 3.57. The molecule has 0 amide bonds. The van der Waals surface area contributed by atoms with Crippen molar-refractivity contribution >= 4 is 0 Å². The van der Waals surface area contributed by atoms with Gasteiger partial charge in [-0.1, -0.05) is 0 Å². The molecule has 1 spiro atoms. The predicted octanol–water partition coefficient (Wildman–Crippen LogP) is 0.548. The molecule has 0 aliphatic carbocycles. The van der Waals surface area contributed by atoms with Crippen molar-refractivity contribution in [2.45, 2.75) is 12.8 Å². The molecule has 9 heavy (non-hydrogen) atoms. The summed E-state index contributed by atoms with van der Waals surface area (Å²) in [6.45, 7) is 5.32. The number of rotatable bonds is 0. The molecule has 2 aliphatic rings. The lowest BCUT2D eigenvalue weighted by atomic mass is 9.75. The van der Waals surface area contributed by atoms with Crippen LogP contribution in [0.5, 0.6) is 0 Å². The standard InChI is InChI=1S/C7H12NO/c1-3-9-4-2-7(1)5-8-6-7/h5,8H,1-4,6H2. The molecular formula is C7H12NO. The maximum atomic E-state index is 5.25. The van der Waals surface area contributed by atoms with Crippen LogP contribution in [0.3, 0.4) is 0 Å². The maximum absolute atomic E-state index is 5.25. The Morgan fingerprint density at radius 3 is 2.33 bits per heavy atom. The van der Waals surface area contributed by atoms with Crippen LogP contribution in [0.1, 0.15) is 12.8 Å². The van der Waals surface area contributed by atoms with Crippen molar-refractivity contribution in [1.82, 2.24) is 5.32 Å². The number of hydrogen-bond acceptors (Lipinski definition) is 2. The highest BCUT2D eigenvalue weighted by Gasteiger charge is 2.38. The molecule has 2 rings (SSSR count). The van der Waals surface area contributed by atoms with Gasteiger partial charge in [0.15, 0.2) is 0 Å². The fourth-order valence-corrected chi connectivity index (χ4v) is 1.49. The Labute approximate surface area is 55.6 Å². The van der Waals surface area contributed by atoms with Crippen molar-refractivity contribution in [3.8, 4) is 0 Å². The summed E-state index contributed by atoms with van der Waals surface area (Å²) >= 11 is 0. The largest absolute Gasteiger partial charge is 0.381 e. The number of ether oxygens (including phenoxy) is 1. The van der Waals surface area contributed by atoms with Crippen LogP contribution in [0.4, 0.5) is 0 Å². The van der Waals surface area contributed by atoms with Crippen molar-refractivity contribution in [2.24, 2.45) is 5.41 Å². The lowest BCUT2D eigenvalue weighted by Gasteiger charge is -2.44. The molecule has 1 radical (unpaired) electrons. The molecule has 0 saturated carbocycles. The van der Waals surface area contributed by atoms with E-state index in [1.54, 1.807) is 0 Å². The SMILES string of the molecule is [CH]1NCC12CCOCC2. The average Bonchev–Trinajstić information content (AvgIpc) is 1.87. The fraction of sp³-hybridized carbons (Fsp3) is 0.857. The molecule has 2 fully saturated rings. The molecule has 0 aromatic heterocycles. The smallest absolute Gasteiger partial charge is 0.0472 e. The van der Waals surface area contributed by atoms with Gasteiger partial charge in [0.1, 0.15) is 0 Å². The summed E-state index contributed by atoms with van der Waals surface area (Å²) in [4.78, 5) is 0. The summed E-state index contributed by atoms with van der Waals surface area (Å²) in [5, 5.41) is 3.19. The Balaban J connectivity index is 1.93. The normalized spacial score (nSPS) is 32.0. The molecule has 0 unspecified atom stereocenters. The molecule has 0 atom stereocenters. The predicted molar refractivity (Wildman–Crippen MR) is 34.8 cm³/mol. The van der Waals surface area contributed by atoms with Gasteiger partial charge in [0.2, 0.25) is 0 Å². The third-order valence-corrected chi connectivity index (χ3v) is 2.35. The molecule has 2 heteroatoms. The Hall–Kier alpha value is -0.0800. The first kappa shape index (κ1) is 5.69. The van der Waals surface area contributed by atoms with Gasteiger partial charge < -0.3 is 10.1 Å². The van der Waals surface area contributed by atoms with Crippen molar-refractivity contribution < 1.29 is 4.74 Å². The summed E-state index contributed by atoms with van der Waals surface area (Å²) in [6.07, 6.45) is 2.44. The molecule has 2 saturated heterocycles. The van der Waals surface area contributed by atoms with Crippen LogP contribution in [-0.4, -0.2) is 19.8 Å². The number of hydrogen-bond donors (Lipinski definition) is 1. The summed E-state index contributed by atoms with van der Waals surface area (Å²) in [5.41, 5.74) is 0.540. The lowest BCUT2D eigenvalue weighted by Crippen LogP contribution is -2.51. The first-order valence-electron chi connectivity index (χ1n) is 3.57. The van der Waals surface area contributed by atoms with Gasteiger partial charge >= 0.3 is 0 Å². The summed E-state index contributed by atoms with van der Waals surface area (Å²) in [7, 11) is 0. The van der Waals surface area contributed by atoms with E-state index in [0.717, 1.165) is 13.2 Å². The van der Waals surface area contributed by atoms with Crippen LogP contribution < -0.4 is 5.32 Å². The van der Waals surface area contributed by atoms with E-state index < -0.39 is 0 Å². The second kappa shape index (κ2) is 1.96. The van der Waals surface area contributed by atoms with E-state index in [-0.39, 0.29) is 0 Å². The van der Waals surface area contributed by atoms with Crippen molar-refractivity contribution in [3.63, 3.8) is 0 Å². The fourth-order valence-electron chi connectivity index (χ4n) is 1.49. The highest BCUT2D eigenvalue weighted by molar-refractivity contribution is 5.02. The molecule has 2 aliphatic heterocycles. The molecule has 51 valence electrons. The van der Waals surface area contributed by atoms with Crippen LogP contribution in [0.15, 0.2) is 0 Å². The minimum absolute atomic E-state index is 0.540.